The first-order valence-corrected chi connectivity index (χ1v) is 8.09. The van der Waals surface area contributed by atoms with Gasteiger partial charge in [-0.2, -0.15) is 0 Å². The first-order chi connectivity index (χ1) is 11.3. The van der Waals surface area contributed by atoms with Gasteiger partial charge in [0.25, 0.3) is 0 Å². The van der Waals surface area contributed by atoms with Crippen LogP contribution in [0.5, 0.6) is 5.75 Å². The van der Waals surface area contributed by atoms with Gasteiger partial charge < -0.3 is 15.4 Å². The van der Waals surface area contributed by atoms with Gasteiger partial charge in [-0.3, -0.25) is 4.79 Å². The molecule has 4 nitrogen and oxygen atoms in total. The van der Waals surface area contributed by atoms with Crippen molar-refractivity contribution in [2.24, 2.45) is 5.92 Å². The summed E-state index contributed by atoms with van der Waals surface area (Å²) in [5.74, 6) is 1.10. The lowest BCUT2D eigenvalue weighted by atomic mass is 9.97. The lowest BCUT2D eigenvalue weighted by molar-refractivity contribution is -0.120. The zero-order valence-corrected chi connectivity index (χ0v) is 14.4. The molecule has 0 aromatic heterocycles. The van der Waals surface area contributed by atoms with E-state index in [2.05, 4.69) is 10.6 Å². The number of benzene rings is 2. The molecule has 24 heavy (non-hydrogen) atoms. The SMILES string of the molecule is Cl.O=C(Nc1ccc(COc2ccccc2)cc1)C1CCNCC1. The summed E-state index contributed by atoms with van der Waals surface area (Å²) < 4.78 is 5.71. The van der Waals surface area contributed by atoms with Crippen LogP contribution in [0.1, 0.15) is 18.4 Å². The molecule has 0 unspecified atom stereocenters. The maximum absolute atomic E-state index is 12.2. The molecular weight excluding hydrogens is 324 g/mol. The van der Waals surface area contributed by atoms with Gasteiger partial charge in [-0.25, -0.2) is 0 Å². The molecule has 0 atom stereocenters. The Morgan fingerprint density at radius 3 is 2.38 bits per heavy atom. The molecule has 0 aliphatic carbocycles. The van der Waals surface area contributed by atoms with Gasteiger partial charge in [0.05, 0.1) is 0 Å². The Morgan fingerprint density at radius 2 is 1.71 bits per heavy atom. The van der Waals surface area contributed by atoms with E-state index in [1.54, 1.807) is 0 Å². The second kappa shape index (κ2) is 9.30. The average Bonchev–Trinajstić information content (AvgIpc) is 2.63. The molecule has 3 rings (SSSR count). The zero-order valence-electron chi connectivity index (χ0n) is 13.5. The zero-order chi connectivity index (χ0) is 15.9. The number of para-hydroxylation sites is 1. The van der Waals surface area contributed by atoms with Crippen molar-refractivity contribution in [1.82, 2.24) is 5.32 Å². The van der Waals surface area contributed by atoms with Crippen LogP contribution in [0.4, 0.5) is 5.69 Å². The van der Waals surface area contributed by atoms with E-state index in [1.165, 1.54) is 0 Å². The molecule has 0 saturated carbocycles. The maximum Gasteiger partial charge on any atom is 0.227 e. The van der Waals surface area contributed by atoms with E-state index in [0.29, 0.717) is 6.61 Å². The van der Waals surface area contributed by atoms with Crippen LogP contribution in [-0.2, 0) is 11.4 Å². The van der Waals surface area contributed by atoms with E-state index < -0.39 is 0 Å². The van der Waals surface area contributed by atoms with Gasteiger partial charge >= 0.3 is 0 Å². The Bertz CT molecular complexity index is 626. The number of carbonyl (C=O) groups is 1. The number of hydrogen-bond donors (Lipinski definition) is 2. The third-order valence-corrected chi connectivity index (χ3v) is 4.08. The van der Waals surface area contributed by atoms with Gasteiger partial charge in [-0.1, -0.05) is 30.3 Å². The van der Waals surface area contributed by atoms with Gasteiger partial charge in [0.15, 0.2) is 0 Å². The van der Waals surface area contributed by atoms with Gasteiger partial charge in [-0.05, 0) is 55.8 Å². The first kappa shape index (κ1) is 18.3. The Hall–Kier alpha value is -2.04. The summed E-state index contributed by atoms with van der Waals surface area (Å²) in [5, 5.41) is 6.28. The number of amides is 1. The molecule has 0 bridgehead atoms. The van der Waals surface area contributed by atoms with Crippen molar-refractivity contribution in [2.75, 3.05) is 18.4 Å². The molecule has 2 aromatic rings. The Morgan fingerprint density at radius 1 is 1.04 bits per heavy atom. The smallest absolute Gasteiger partial charge is 0.227 e. The van der Waals surface area contributed by atoms with Crippen LogP contribution >= 0.6 is 12.4 Å². The quantitative estimate of drug-likeness (QED) is 0.869. The Kier molecular flexibility index (Phi) is 7.09. The van der Waals surface area contributed by atoms with Crippen LogP contribution in [0.3, 0.4) is 0 Å². The Labute approximate surface area is 149 Å². The number of carbonyl (C=O) groups excluding carboxylic acids is 1. The molecule has 1 fully saturated rings. The highest BCUT2D eigenvalue weighted by atomic mass is 35.5. The molecule has 1 saturated heterocycles. The number of anilines is 1. The second-order valence-electron chi connectivity index (χ2n) is 5.81. The number of hydrogen-bond acceptors (Lipinski definition) is 3. The van der Waals surface area contributed by atoms with Crippen molar-refractivity contribution in [3.63, 3.8) is 0 Å². The van der Waals surface area contributed by atoms with Crippen LogP contribution in [0.15, 0.2) is 54.6 Å². The number of rotatable bonds is 5. The standard InChI is InChI=1S/C19H22N2O2.ClH/c22-19(16-10-12-20-13-11-16)21-17-8-6-15(7-9-17)14-23-18-4-2-1-3-5-18;/h1-9,16,20H,10-14H2,(H,21,22);1H. The number of piperidine rings is 1. The lowest BCUT2D eigenvalue weighted by Crippen LogP contribution is -2.34. The van der Waals surface area contributed by atoms with Crippen molar-refractivity contribution < 1.29 is 9.53 Å². The molecule has 1 aliphatic rings. The molecule has 5 heteroatoms. The van der Waals surface area contributed by atoms with Gasteiger partial charge in [0.1, 0.15) is 12.4 Å². The minimum absolute atomic E-state index is 0. The number of ether oxygens (including phenoxy) is 1. The van der Waals surface area contributed by atoms with Crippen molar-refractivity contribution in [3.8, 4) is 5.75 Å². The first-order valence-electron chi connectivity index (χ1n) is 8.09. The number of nitrogens with one attached hydrogen (secondary N) is 2. The van der Waals surface area contributed by atoms with E-state index in [0.717, 1.165) is 42.9 Å². The van der Waals surface area contributed by atoms with E-state index in [-0.39, 0.29) is 24.2 Å². The molecule has 2 N–H and O–H groups in total. The molecule has 128 valence electrons. The topological polar surface area (TPSA) is 50.4 Å². The molecular formula is C19H23ClN2O2. The lowest BCUT2D eigenvalue weighted by Gasteiger charge is -2.21. The minimum Gasteiger partial charge on any atom is -0.489 e. The molecule has 0 radical (unpaired) electrons. The van der Waals surface area contributed by atoms with Crippen LogP contribution in [0.2, 0.25) is 0 Å². The highest BCUT2D eigenvalue weighted by Crippen LogP contribution is 2.17. The van der Waals surface area contributed by atoms with Crippen LogP contribution in [-0.4, -0.2) is 19.0 Å². The summed E-state index contributed by atoms with van der Waals surface area (Å²) in [4.78, 5) is 12.2. The third-order valence-electron chi connectivity index (χ3n) is 4.08. The summed E-state index contributed by atoms with van der Waals surface area (Å²) in [6, 6.07) is 17.6. The van der Waals surface area contributed by atoms with Gasteiger partial charge in [0, 0.05) is 11.6 Å². The number of halogens is 1. The predicted molar refractivity (Wildman–Crippen MR) is 98.7 cm³/mol. The highest BCUT2D eigenvalue weighted by Gasteiger charge is 2.20. The fourth-order valence-corrected chi connectivity index (χ4v) is 2.70. The fraction of sp³-hybridized carbons (Fsp3) is 0.316. The van der Waals surface area contributed by atoms with Crippen LogP contribution in [0.25, 0.3) is 0 Å². The predicted octanol–water partition coefficient (Wildman–Crippen LogP) is 3.63. The highest BCUT2D eigenvalue weighted by molar-refractivity contribution is 5.92. The van der Waals surface area contributed by atoms with E-state index in [4.69, 9.17) is 4.74 Å². The van der Waals surface area contributed by atoms with E-state index in [1.807, 2.05) is 54.6 Å². The summed E-state index contributed by atoms with van der Waals surface area (Å²) in [6.45, 7) is 2.37. The van der Waals surface area contributed by atoms with Gasteiger partial charge in [0.2, 0.25) is 5.91 Å². The third kappa shape index (κ3) is 5.25. The fourth-order valence-electron chi connectivity index (χ4n) is 2.70. The average molecular weight is 347 g/mol. The second-order valence-corrected chi connectivity index (χ2v) is 5.81. The largest absolute Gasteiger partial charge is 0.489 e. The molecule has 2 aromatic carbocycles. The molecule has 0 spiro atoms. The van der Waals surface area contributed by atoms with Crippen molar-refractivity contribution in [3.05, 3.63) is 60.2 Å². The van der Waals surface area contributed by atoms with Crippen LogP contribution < -0.4 is 15.4 Å². The van der Waals surface area contributed by atoms with E-state index in [9.17, 15) is 4.79 Å². The van der Waals surface area contributed by atoms with E-state index >= 15 is 0 Å². The van der Waals surface area contributed by atoms with Crippen molar-refractivity contribution in [1.29, 1.82) is 0 Å². The minimum atomic E-state index is 0. The van der Waals surface area contributed by atoms with Crippen molar-refractivity contribution >= 4 is 24.0 Å². The summed E-state index contributed by atoms with van der Waals surface area (Å²) >= 11 is 0. The molecule has 1 heterocycles. The van der Waals surface area contributed by atoms with Crippen molar-refractivity contribution in [2.45, 2.75) is 19.4 Å². The maximum atomic E-state index is 12.2. The summed E-state index contributed by atoms with van der Waals surface area (Å²) in [5.41, 5.74) is 1.92. The molecule has 1 aliphatic heterocycles. The summed E-state index contributed by atoms with van der Waals surface area (Å²) in [6.07, 6.45) is 1.82. The van der Waals surface area contributed by atoms with Gasteiger partial charge in [-0.15, -0.1) is 12.4 Å². The monoisotopic (exact) mass is 346 g/mol. The Balaban J connectivity index is 0.00000208. The summed E-state index contributed by atoms with van der Waals surface area (Å²) in [7, 11) is 0. The normalized spacial score (nSPS) is 14.5. The molecule has 1 amide bonds. The van der Waals surface area contributed by atoms with Crippen LogP contribution in [0, 0.1) is 5.92 Å².